The minimum atomic E-state index is 1.05. The molecule has 2 unspecified atom stereocenters. The van der Waals surface area contributed by atoms with E-state index in [1.54, 1.807) is 0 Å². The number of alkyl halides is 1. The van der Waals surface area contributed by atoms with Crippen LogP contribution in [0.25, 0.3) is 0 Å². The van der Waals surface area contributed by atoms with Crippen LogP contribution in [-0.4, -0.2) is 5.33 Å². The van der Waals surface area contributed by atoms with Gasteiger partial charge in [0.2, 0.25) is 0 Å². The van der Waals surface area contributed by atoms with Gasteiger partial charge >= 0.3 is 0 Å². The lowest BCUT2D eigenvalue weighted by molar-refractivity contribution is 0.249. The van der Waals surface area contributed by atoms with Crippen LogP contribution in [0.5, 0.6) is 0 Å². The molecule has 0 aromatic heterocycles. The van der Waals surface area contributed by atoms with E-state index in [1.165, 1.54) is 50.3 Å². The lowest BCUT2D eigenvalue weighted by Crippen LogP contribution is -2.14. The van der Waals surface area contributed by atoms with E-state index in [0.717, 1.165) is 11.8 Å². The highest BCUT2D eigenvalue weighted by Crippen LogP contribution is 2.33. The molecule has 2 atom stereocenters. The second kappa shape index (κ2) is 6.01. The first-order valence-corrected chi connectivity index (χ1v) is 6.55. The topological polar surface area (TPSA) is 0 Å². The molecule has 1 saturated carbocycles. The van der Waals surface area contributed by atoms with Crippen molar-refractivity contribution in [2.45, 2.75) is 51.9 Å². The smallest absolute Gasteiger partial charge is 0.00314 e. The van der Waals surface area contributed by atoms with Gasteiger partial charge in [0, 0.05) is 5.33 Å². The molecule has 0 saturated heterocycles. The molecular weight excluding hydrogens is 212 g/mol. The van der Waals surface area contributed by atoms with E-state index < -0.39 is 0 Å². The molecule has 0 aromatic carbocycles. The highest BCUT2D eigenvalue weighted by molar-refractivity contribution is 9.09. The van der Waals surface area contributed by atoms with Gasteiger partial charge in [-0.2, -0.15) is 0 Å². The second-order valence-corrected chi connectivity index (χ2v) is 4.93. The standard InChI is InChI=1S/C11H21Br/c1-2-10-5-3-6-11(9-10)7-4-8-12/h10-11H,2-9H2,1H3. The zero-order chi connectivity index (χ0) is 8.81. The molecule has 1 aliphatic carbocycles. The highest BCUT2D eigenvalue weighted by Gasteiger charge is 2.19. The molecule has 1 fully saturated rings. The van der Waals surface area contributed by atoms with Crippen LogP contribution in [0.3, 0.4) is 0 Å². The van der Waals surface area contributed by atoms with Crippen molar-refractivity contribution < 1.29 is 0 Å². The largest absolute Gasteiger partial charge is 0.0928 e. The Labute approximate surface area is 85.3 Å². The molecule has 72 valence electrons. The Balaban J connectivity index is 2.16. The first-order valence-electron chi connectivity index (χ1n) is 5.42. The maximum Gasteiger partial charge on any atom is 0.00314 e. The van der Waals surface area contributed by atoms with Crippen LogP contribution in [0.4, 0.5) is 0 Å². The van der Waals surface area contributed by atoms with Crippen molar-refractivity contribution in [3.63, 3.8) is 0 Å². The summed E-state index contributed by atoms with van der Waals surface area (Å²) in [7, 11) is 0. The van der Waals surface area contributed by atoms with E-state index in [1.807, 2.05) is 0 Å². The third-order valence-corrected chi connectivity index (χ3v) is 3.78. The Morgan fingerprint density at radius 1 is 1.25 bits per heavy atom. The van der Waals surface area contributed by atoms with Gasteiger partial charge in [-0.3, -0.25) is 0 Å². The first kappa shape index (κ1) is 10.6. The van der Waals surface area contributed by atoms with Crippen molar-refractivity contribution >= 4 is 15.9 Å². The van der Waals surface area contributed by atoms with Crippen LogP contribution < -0.4 is 0 Å². The molecule has 0 spiro atoms. The first-order chi connectivity index (χ1) is 5.86. The van der Waals surface area contributed by atoms with E-state index >= 15 is 0 Å². The monoisotopic (exact) mass is 232 g/mol. The summed E-state index contributed by atoms with van der Waals surface area (Å²) >= 11 is 3.51. The minimum absolute atomic E-state index is 1.05. The van der Waals surface area contributed by atoms with E-state index in [-0.39, 0.29) is 0 Å². The number of halogens is 1. The molecular formula is C11H21Br. The molecule has 12 heavy (non-hydrogen) atoms. The van der Waals surface area contributed by atoms with Gasteiger partial charge in [-0.05, 0) is 31.1 Å². The highest BCUT2D eigenvalue weighted by atomic mass is 79.9. The predicted octanol–water partition coefficient (Wildman–Crippen LogP) is 4.38. The van der Waals surface area contributed by atoms with Crippen molar-refractivity contribution in [2.75, 3.05) is 5.33 Å². The molecule has 1 rings (SSSR count). The van der Waals surface area contributed by atoms with E-state index in [4.69, 9.17) is 0 Å². The van der Waals surface area contributed by atoms with E-state index in [2.05, 4.69) is 22.9 Å². The Kier molecular flexibility index (Phi) is 5.29. The fraction of sp³-hybridized carbons (Fsp3) is 1.00. The van der Waals surface area contributed by atoms with Crippen molar-refractivity contribution in [3.8, 4) is 0 Å². The van der Waals surface area contributed by atoms with Crippen LogP contribution in [0, 0.1) is 11.8 Å². The summed E-state index contributed by atoms with van der Waals surface area (Å²) < 4.78 is 0. The van der Waals surface area contributed by atoms with Crippen molar-refractivity contribution in [3.05, 3.63) is 0 Å². The molecule has 0 nitrogen and oxygen atoms in total. The number of hydrogen-bond acceptors (Lipinski definition) is 0. The van der Waals surface area contributed by atoms with Crippen LogP contribution >= 0.6 is 15.9 Å². The minimum Gasteiger partial charge on any atom is -0.0928 e. The van der Waals surface area contributed by atoms with Gasteiger partial charge in [0.1, 0.15) is 0 Å². The fourth-order valence-corrected chi connectivity index (χ4v) is 2.72. The summed E-state index contributed by atoms with van der Waals surface area (Å²) in [6.07, 6.45) is 10.3. The van der Waals surface area contributed by atoms with Crippen LogP contribution in [0.15, 0.2) is 0 Å². The molecule has 0 aliphatic heterocycles. The van der Waals surface area contributed by atoms with Crippen molar-refractivity contribution in [1.82, 2.24) is 0 Å². The molecule has 1 heteroatoms. The maximum absolute atomic E-state index is 3.51. The average molecular weight is 233 g/mol. The van der Waals surface area contributed by atoms with Gasteiger partial charge in [0.15, 0.2) is 0 Å². The molecule has 0 N–H and O–H groups in total. The van der Waals surface area contributed by atoms with Gasteiger partial charge < -0.3 is 0 Å². The molecule has 1 aliphatic rings. The number of rotatable bonds is 4. The van der Waals surface area contributed by atoms with Gasteiger partial charge in [0.25, 0.3) is 0 Å². The molecule has 0 bridgehead atoms. The predicted molar refractivity (Wildman–Crippen MR) is 58.8 cm³/mol. The maximum atomic E-state index is 3.51. The third-order valence-electron chi connectivity index (χ3n) is 3.21. The van der Waals surface area contributed by atoms with E-state index in [0.29, 0.717) is 0 Å². The van der Waals surface area contributed by atoms with Gasteiger partial charge in [-0.25, -0.2) is 0 Å². The SMILES string of the molecule is CCC1CCCC(CCCBr)C1. The Bertz CT molecular complexity index is 112. The van der Waals surface area contributed by atoms with Crippen LogP contribution in [-0.2, 0) is 0 Å². The molecule has 0 amide bonds. The van der Waals surface area contributed by atoms with Gasteiger partial charge in [-0.15, -0.1) is 0 Å². The molecule has 0 aromatic rings. The Hall–Kier alpha value is 0.480. The third kappa shape index (κ3) is 3.47. The Morgan fingerprint density at radius 2 is 2.00 bits per heavy atom. The van der Waals surface area contributed by atoms with Gasteiger partial charge in [0.05, 0.1) is 0 Å². The van der Waals surface area contributed by atoms with Crippen LogP contribution in [0.1, 0.15) is 51.9 Å². The summed E-state index contributed by atoms with van der Waals surface area (Å²) in [4.78, 5) is 0. The summed E-state index contributed by atoms with van der Waals surface area (Å²) in [6.45, 7) is 2.34. The lowest BCUT2D eigenvalue weighted by Gasteiger charge is -2.28. The normalized spacial score (nSPS) is 30.5. The summed E-state index contributed by atoms with van der Waals surface area (Å²) in [5.41, 5.74) is 0. The summed E-state index contributed by atoms with van der Waals surface area (Å²) in [5, 5.41) is 1.19. The summed E-state index contributed by atoms with van der Waals surface area (Å²) in [5.74, 6) is 2.11. The second-order valence-electron chi connectivity index (χ2n) is 4.14. The number of hydrogen-bond donors (Lipinski definition) is 0. The van der Waals surface area contributed by atoms with Crippen molar-refractivity contribution in [1.29, 1.82) is 0 Å². The zero-order valence-corrected chi connectivity index (χ0v) is 9.78. The average Bonchev–Trinajstić information content (AvgIpc) is 2.15. The molecule has 0 radical (unpaired) electrons. The Morgan fingerprint density at radius 3 is 2.67 bits per heavy atom. The molecule has 0 heterocycles. The summed E-state index contributed by atoms with van der Waals surface area (Å²) in [6, 6.07) is 0. The van der Waals surface area contributed by atoms with Crippen LogP contribution in [0.2, 0.25) is 0 Å². The quantitative estimate of drug-likeness (QED) is 0.632. The van der Waals surface area contributed by atoms with E-state index in [9.17, 15) is 0 Å². The lowest BCUT2D eigenvalue weighted by atomic mass is 9.78. The fourth-order valence-electron chi connectivity index (χ4n) is 2.40. The van der Waals surface area contributed by atoms with Crippen molar-refractivity contribution in [2.24, 2.45) is 11.8 Å². The van der Waals surface area contributed by atoms with Gasteiger partial charge in [-0.1, -0.05) is 48.5 Å². The zero-order valence-electron chi connectivity index (χ0n) is 8.19.